The number of hydrogen-bond acceptors (Lipinski definition) is 4. The standard InChI is InChI=1S/C15H19N4/c16-13-11-15(19-9-3-4-10-19)18-14(17-13)8-7-12-5-1-2-6-12/h3,11-12H,1-2,4-6,9-10H2,(H2,16,17,18). The van der Waals surface area contributed by atoms with Crippen molar-refractivity contribution >= 4 is 11.6 Å². The lowest BCUT2D eigenvalue weighted by molar-refractivity contribution is 0.711. The number of nitrogens with two attached hydrogens (primary N) is 1. The summed E-state index contributed by atoms with van der Waals surface area (Å²) >= 11 is 0. The van der Waals surface area contributed by atoms with Gasteiger partial charge in [0.25, 0.3) is 0 Å². The summed E-state index contributed by atoms with van der Waals surface area (Å²) in [7, 11) is 0. The lowest BCUT2D eigenvalue weighted by Gasteiger charge is -2.16. The minimum atomic E-state index is 0.507. The van der Waals surface area contributed by atoms with Crippen LogP contribution in [0.1, 0.15) is 37.9 Å². The van der Waals surface area contributed by atoms with E-state index in [0.717, 1.165) is 25.3 Å². The third-order valence-corrected chi connectivity index (χ3v) is 3.75. The maximum absolute atomic E-state index is 5.86. The molecule has 2 heterocycles. The summed E-state index contributed by atoms with van der Waals surface area (Å²) in [5, 5.41) is 0. The summed E-state index contributed by atoms with van der Waals surface area (Å²) in [6.45, 7) is 1.94. The molecule has 4 heteroatoms. The highest BCUT2D eigenvalue weighted by atomic mass is 15.2. The Morgan fingerprint density at radius 3 is 2.84 bits per heavy atom. The van der Waals surface area contributed by atoms with Crippen LogP contribution < -0.4 is 10.6 Å². The van der Waals surface area contributed by atoms with E-state index in [2.05, 4.69) is 33.1 Å². The molecule has 0 bridgehead atoms. The first-order valence-electron chi connectivity index (χ1n) is 7.04. The molecule has 1 aromatic heterocycles. The van der Waals surface area contributed by atoms with Crippen molar-refractivity contribution in [3.05, 3.63) is 18.3 Å². The molecule has 99 valence electrons. The Morgan fingerprint density at radius 1 is 1.26 bits per heavy atom. The van der Waals surface area contributed by atoms with E-state index in [1.807, 2.05) is 6.07 Å². The van der Waals surface area contributed by atoms with Crippen LogP contribution in [0.3, 0.4) is 0 Å². The minimum absolute atomic E-state index is 0.507. The van der Waals surface area contributed by atoms with E-state index in [9.17, 15) is 0 Å². The fourth-order valence-electron chi connectivity index (χ4n) is 2.70. The van der Waals surface area contributed by atoms with Crippen molar-refractivity contribution in [2.24, 2.45) is 5.92 Å². The van der Waals surface area contributed by atoms with Gasteiger partial charge in [-0.25, -0.2) is 9.97 Å². The van der Waals surface area contributed by atoms with E-state index in [0.29, 0.717) is 17.6 Å². The second kappa shape index (κ2) is 5.48. The molecule has 1 saturated carbocycles. The van der Waals surface area contributed by atoms with Crippen LogP contribution in [0, 0.1) is 24.2 Å². The van der Waals surface area contributed by atoms with Crippen molar-refractivity contribution in [3.63, 3.8) is 0 Å². The molecule has 1 aromatic rings. The molecular formula is C15H19N4. The molecule has 0 unspecified atom stereocenters. The SMILES string of the molecule is Nc1cc(N2C[CH]CC2)nc(C#CC2CCCC2)n1. The van der Waals surface area contributed by atoms with Crippen LogP contribution in [0.2, 0.25) is 0 Å². The zero-order valence-electron chi connectivity index (χ0n) is 11.1. The topological polar surface area (TPSA) is 55.0 Å². The van der Waals surface area contributed by atoms with Crippen LogP contribution in [-0.2, 0) is 0 Å². The van der Waals surface area contributed by atoms with Crippen molar-refractivity contribution in [3.8, 4) is 11.8 Å². The van der Waals surface area contributed by atoms with Crippen LogP contribution in [0.5, 0.6) is 0 Å². The zero-order chi connectivity index (χ0) is 13.1. The van der Waals surface area contributed by atoms with Gasteiger partial charge in [-0.1, -0.05) is 18.8 Å². The average molecular weight is 255 g/mol. The Morgan fingerprint density at radius 2 is 2.11 bits per heavy atom. The molecule has 1 aliphatic heterocycles. The van der Waals surface area contributed by atoms with Gasteiger partial charge in [-0.15, -0.1) is 0 Å². The molecule has 3 rings (SSSR count). The van der Waals surface area contributed by atoms with E-state index in [1.54, 1.807) is 0 Å². The lowest BCUT2D eigenvalue weighted by Crippen LogP contribution is -2.20. The van der Waals surface area contributed by atoms with Gasteiger partial charge in [0, 0.05) is 25.1 Å². The number of anilines is 2. The highest BCUT2D eigenvalue weighted by Gasteiger charge is 2.15. The van der Waals surface area contributed by atoms with Gasteiger partial charge >= 0.3 is 0 Å². The number of hydrogen-bond donors (Lipinski definition) is 1. The molecule has 1 radical (unpaired) electrons. The van der Waals surface area contributed by atoms with E-state index >= 15 is 0 Å². The summed E-state index contributed by atoms with van der Waals surface area (Å²) in [6.07, 6.45) is 8.37. The van der Waals surface area contributed by atoms with Gasteiger partial charge in [0.2, 0.25) is 5.82 Å². The lowest BCUT2D eigenvalue weighted by atomic mass is 10.1. The van der Waals surface area contributed by atoms with Crippen LogP contribution >= 0.6 is 0 Å². The Labute approximate surface area is 114 Å². The fraction of sp³-hybridized carbons (Fsp3) is 0.533. The molecule has 19 heavy (non-hydrogen) atoms. The van der Waals surface area contributed by atoms with Gasteiger partial charge in [0.15, 0.2) is 0 Å². The molecule has 0 amide bonds. The Hall–Kier alpha value is -1.76. The number of aromatic nitrogens is 2. The molecular weight excluding hydrogens is 236 g/mol. The average Bonchev–Trinajstić information content (AvgIpc) is 3.09. The first-order chi connectivity index (χ1) is 9.31. The second-order valence-electron chi connectivity index (χ2n) is 5.25. The monoisotopic (exact) mass is 255 g/mol. The summed E-state index contributed by atoms with van der Waals surface area (Å²) < 4.78 is 0. The smallest absolute Gasteiger partial charge is 0.208 e. The maximum atomic E-state index is 5.86. The number of nitrogens with zero attached hydrogens (tertiary/aromatic N) is 3. The summed E-state index contributed by atoms with van der Waals surface area (Å²) in [5.74, 6) is 8.88. The molecule has 2 aliphatic rings. The third-order valence-electron chi connectivity index (χ3n) is 3.75. The number of rotatable bonds is 1. The van der Waals surface area contributed by atoms with E-state index in [1.165, 1.54) is 25.7 Å². The highest BCUT2D eigenvalue weighted by Crippen LogP contribution is 2.24. The van der Waals surface area contributed by atoms with Gasteiger partial charge in [0.1, 0.15) is 11.6 Å². The molecule has 1 aliphatic carbocycles. The molecule has 0 atom stereocenters. The fourth-order valence-corrected chi connectivity index (χ4v) is 2.70. The maximum Gasteiger partial charge on any atom is 0.208 e. The van der Waals surface area contributed by atoms with E-state index < -0.39 is 0 Å². The second-order valence-corrected chi connectivity index (χ2v) is 5.25. The van der Waals surface area contributed by atoms with Crippen LogP contribution in [0.4, 0.5) is 11.6 Å². The van der Waals surface area contributed by atoms with E-state index in [4.69, 9.17) is 5.73 Å². The Kier molecular flexibility index (Phi) is 3.54. The van der Waals surface area contributed by atoms with Gasteiger partial charge in [-0.2, -0.15) is 0 Å². The Balaban J connectivity index is 1.80. The predicted octanol–water partition coefficient (Wildman–Crippen LogP) is 2.01. The highest BCUT2D eigenvalue weighted by molar-refractivity contribution is 5.50. The van der Waals surface area contributed by atoms with Gasteiger partial charge in [-0.3, -0.25) is 0 Å². The van der Waals surface area contributed by atoms with Crippen molar-refractivity contribution in [1.82, 2.24) is 9.97 Å². The third kappa shape index (κ3) is 2.98. The van der Waals surface area contributed by atoms with Crippen LogP contribution in [-0.4, -0.2) is 23.1 Å². The normalized spacial score (nSPS) is 19.5. The first kappa shape index (κ1) is 12.3. The van der Waals surface area contributed by atoms with Gasteiger partial charge in [-0.05, 0) is 31.6 Å². The molecule has 4 nitrogen and oxygen atoms in total. The van der Waals surface area contributed by atoms with E-state index in [-0.39, 0.29) is 0 Å². The van der Waals surface area contributed by atoms with Gasteiger partial charge < -0.3 is 10.6 Å². The largest absolute Gasteiger partial charge is 0.383 e. The molecule has 1 saturated heterocycles. The summed E-state index contributed by atoms with van der Waals surface area (Å²) in [4.78, 5) is 10.9. The molecule has 0 spiro atoms. The summed E-state index contributed by atoms with van der Waals surface area (Å²) in [5.41, 5.74) is 5.86. The van der Waals surface area contributed by atoms with Crippen molar-refractivity contribution in [1.29, 1.82) is 0 Å². The van der Waals surface area contributed by atoms with Crippen molar-refractivity contribution in [2.45, 2.75) is 32.1 Å². The zero-order valence-corrected chi connectivity index (χ0v) is 11.1. The van der Waals surface area contributed by atoms with Crippen LogP contribution in [0.25, 0.3) is 0 Å². The minimum Gasteiger partial charge on any atom is -0.383 e. The Bertz CT molecular complexity index is 503. The first-order valence-corrected chi connectivity index (χ1v) is 7.04. The molecule has 0 aromatic carbocycles. The predicted molar refractivity (Wildman–Crippen MR) is 76.4 cm³/mol. The number of nitrogen functional groups attached to an aromatic ring is 1. The summed E-state index contributed by atoms with van der Waals surface area (Å²) in [6, 6.07) is 1.83. The molecule has 2 fully saturated rings. The quantitative estimate of drug-likeness (QED) is 0.780. The van der Waals surface area contributed by atoms with Crippen molar-refractivity contribution < 1.29 is 0 Å². The molecule has 2 N–H and O–H groups in total. The van der Waals surface area contributed by atoms with Gasteiger partial charge in [0.05, 0.1) is 0 Å². The van der Waals surface area contributed by atoms with Crippen LogP contribution in [0.15, 0.2) is 6.07 Å². The van der Waals surface area contributed by atoms with Crippen molar-refractivity contribution in [2.75, 3.05) is 23.7 Å².